The van der Waals surface area contributed by atoms with Crippen LogP contribution in [0.1, 0.15) is 21.5 Å². The Morgan fingerprint density at radius 1 is 0.939 bits per heavy atom. The average molecular weight is 718 g/mol. The molecule has 4 nitrogen and oxygen atoms in total. The molecule has 0 aliphatic heterocycles. The van der Waals surface area contributed by atoms with E-state index in [9.17, 15) is 61.9 Å². The molecule has 2 aromatic rings. The summed E-state index contributed by atoms with van der Waals surface area (Å²) in [5, 5.41) is 2.29. The standard InChI is InChI=1S/C32H24F13NO3/c1-19(15-23(33)12-14-49-32(44,45)28(36)37)29(17-21-7-4-3-5-8-21,13-6-9-25(34)20(2)48-18-30(38,39)40)46-27(47)22-10-11-26(35)24(16-22)31(41,42)43/h3-16,28H,1-2,17-18H2,(H,46,47)/b13-6+,14-12+,23-15+,25-9+/t29-/m0/s1. The van der Waals surface area contributed by atoms with E-state index in [2.05, 4.69) is 27.9 Å². The molecule has 0 heterocycles. The summed E-state index contributed by atoms with van der Waals surface area (Å²) in [6.07, 6.45) is -17.2. The van der Waals surface area contributed by atoms with Gasteiger partial charge in [-0.05, 0) is 41.5 Å². The predicted molar refractivity (Wildman–Crippen MR) is 151 cm³/mol. The zero-order valence-electron chi connectivity index (χ0n) is 24.6. The van der Waals surface area contributed by atoms with E-state index in [-0.39, 0.29) is 18.4 Å². The van der Waals surface area contributed by atoms with Crippen molar-refractivity contribution in [1.82, 2.24) is 5.32 Å². The molecule has 0 saturated heterocycles. The Labute approximate surface area is 270 Å². The van der Waals surface area contributed by atoms with Crippen LogP contribution in [0.3, 0.4) is 0 Å². The molecule has 2 aromatic carbocycles. The smallest absolute Gasteiger partial charge is 0.460 e. The SMILES string of the molecule is C=C(OCC(F)(F)F)/C(F)=C\C=C\[C@@](Cc1ccccc1)(NC(=O)c1ccc(F)c(C(F)(F)F)c1)C(=C)/C=C(F)\C=C\OC(F)(F)C(F)F. The summed E-state index contributed by atoms with van der Waals surface area (Å²) in [4.78, 5) is 13.4. The van der Waals surface area contributed by atoms with E-state index in [1.54, 1.807) is 6.07 Å². The minimum Gasteiger partial charge on any atom is -0.482 e. The molecule has 0 bridgehead atoms. The van der Waals surface area contributed by atoms with E-state index in [0.29, 0.717) is 29.8 Å². The summed E-state index contributed by atoms with van der Waals surface area (Å²) in [6.45, 7) is 4.70. The van der Waals surface area contributed by atoms with Gasteiger partial charge in [-0.25, -0.2) is 13.2 Å². The van der Waals surface area contributed by atoms with E-state index in [4.69, 9.17) is 0 Å². The van der Waals surface area contributed by atoms with Gasteiger partial charge in [0.1, 0.15) is 17.4 Å². The van der Waals surface area contributed by atoms with E-state index >= 15 is 0 Å². The van der Waals surface area contributed by atoms with Gasteiger partial charge in [-0.2, -0.15) is 43.9 Å². The highest BCUT2D eigenvalue weighted by atomic mass is 19.4. The van der Waals surface area contributed by atoms with Crippen molar-refractivity contribution in [3.05, 3.63) is 144 Å². The molecule has 0 fully saturated rings. The number of hydrogen-bond donors (Lipinski definition) is 1. The highest BCUT2D eigenvalue weighted by Crippen LogP contribution is 2.33. The Morgan fingerprint density at radius 2 is 1.57 bits per heavy atom. The number of amides is 1. The number of rotatable bonds is 15. The van der Waals surface area contributed by atoms with Crippen LogP contribution >= 0.6 is 0 Å². The molecule has 0 unspecified atom stereocenters. The Bertz CT molecular complexity index is 1610. The highest BCUT2D eigenvalue weighted by Gasteiger charge is 2.43. The van der Waals surface area contributed by atoms with E-state index in [1.165, 1.54) is 24.3 Å². The lowest BCUT2D eigenvalue weighted by molar-refractivity contribution is -0.274. The monoisotopic (exact) mass is 717 g/mol. The lowest BCUT2D eigenvalue weighted by atomic mass is 9.82. The molecule has 17 heteroatoms. The van der Waals surface area contributed by atoms with Gasteiger partial charge in [-0.15, -0.1) is 0 Å². The fourth-order valence-electron chi connectivity index (χ4n) is 3.73. The van der Waals surface area contributed by atoms with Gasteiger partial charge >= 0.3 is 24.9 Å². The Morgan fingerprint density at radius 3 is 2.14 bits per heavy atom. The largest absolute Gasteiger partial charge is 0.482 e. The number of carbonyl (C=O) groups is 1. The summed E-state index contributed by atoms with van der Waals surface area (Å²) in [5.74, 6) is -7.15. The van der Waals surface area contributed by atoms with E-state index < -0.39 is 89.3 Å². The van der Waals surface area contributed by atoms with Gasteiger partial charge in [0, 0.05) is 18.1 Å². The number of carbonyl (C=O) groups excluding carboxylic acids is 1. The first kappa shape index (κ1) is 40.2. The van der Waals surface area contributed by atoms with Crippen molar-refractivity contribution in [2.75, 3.05) is 6.61 Å². The van der Waals surface area contributed by atoms with Gasteiger partial charge in [0.25, 0.3) is 5.91 Å². The van der Waals surface area contributed by atoms with Crippen LogP contribution in [-0.4, -0.2) is 36.8 Å². The molecular formula is C32H24F13NO3. The van der Waals surface area contributed by atoms with Crippen LogP contribution in [0.2, 0.25) is 0 Å². The molecule has 0 aliphatic rings. The minimum absolute atomic E-state index is 0.125. The number of benzene rings is 2. The summed E-state index contributed by atoms with van der Waals surface area (Å²) in [7, 11) is 0. The Balaban J connectivity index is 2.69. The second kappa shape index (κ2) is 16.4. The topological polar surface area (TPSA) is 47.6 Å². The van der Waals surface area contributed by atoms with Gasteiger partial charge in [0.05, 0.1) is 17.4 Å². The quantitative estimate of drug-likeness (QED) is 0.113. The molecule has 0 radical (unpaired) electrons. The number of hydrogen-bond acceptors (Lipinski definition) is 3. The maximum atomic E-state index is 14.8. The van der Waals surface area contributed by atoms with Crippen molar-refractivity contribution >= 4 is 5.91 Å². The third-order valence-electron chi connectivity index (χ3n) is 6.09. The van der Waals surface area contributed by atoms with E-state index in [0.717, 1.165) is 12.2 Å². The normalized spacial score (nSPS) is 14.7. The third-order valence-corrected chi connectivity index (χ3v) is 6.09. The number of ether oxygens (including phenoxy) is 2. The zero-order chi connectivity index (χ0) is 37.2. The highest BCUT2D eigenvalue weighted by molar-refractivity contribution is 5.95. The van der Waals surface area contributed by atoms with Crippen LogP contribution in [0, 0.1) is 5.82 Å². The summed E-state index contributed by atoms with van der Waals surface area (Å²) < 4.78 is 179. The number of alkyl halides is 10. The molecule has 49 heavy (non-hydrogen) atoms. The van der Waals surface area contributed by atoms with Gasteiger partial charge in [-0.1, -0.05) is 55.6 Å². The zero-order valence-corrected chi connectivity index (χ0v) is 24.6. The molecule has 0 spiro atoms. The van der Waals surface area contributed by atoms with Crippen molar-refractivity contribution in [1.29, 1.82) is 0 Å². The van der Waals surface area contributed by atoms with Crippen LogP contribution in [0.15, 0.2) is 121 Å². The van der Waals surface area contributed by atoms with Crippen LogP contribution in [0.4, 0.5) is 57.1 Å². The van der Waals surface area contributed by atoms with Gasteiger partial charge < -0.3 is 14.8 Å². The lowest BCUT2D eigenvalue weighted by Gasteiger charge is -2.33. The van der Waals surface area contributed by atoms with Crippen molar-refractivity contribution in [2.24, 2.45) is 0 Å². The van der Waals surface area contributed by atoms with Crippen LogP contribution in [-0.2, 0) is 22.1 Å². The molecule has 1 N–H and O–H groups in total. The number of nitrogens with one attached hydrogen (secondary N) is 1. The Kier molecular flexibility index (Phi) is 13.5. The molecule has 0 saturated carbocycles. The van der Waals surface area contributed by atoms with Crippen LogP contribution < -0.4 is 5.32 Å². The molecule has 1 atom stereocenters. The number of halogens is 13. The van der Waals surface area contributed by atoms with Crippen molar-refractivity contribution in [2.45, 2.75) is 36.8 Å². The van der Waals surface area contributed by atoms with Gasteiger partial charge in [0.2, 0.25) is 0 Å². The molecule has 1 amide bonds. The maximum Gasteiger partial charge on any atom is 0.460 e. The first-order valence-corrected chi connectivity index (χ1v) is 13.3. The maximum absolute atomic E-state index is 14.8. The fourth-order valence-corrected chi connectivity index (χ4v) is 3.73. The third kappa shape index (κ3) is 12.5. The van der Waals surface area contributed by atoms with Crippen molar-refractivity contribution < 1.29 is 71.3 Å². The van der Waals surface area contributed by atoms with Gasteiger partial charge in [0.15, 0.2) is 12.4 Å². The lowest BCUT2D eigenvalue weighted by Crippen LogP contribution is -2.50. The second-order valence-corrected chi connectivity index (χ2v) is 9.82. The first-order chi connectivity index (χ1) is 22.6. The van der Waals surface area contributed by atoms with Crippen LogP contribution in [0.25, 0.3) is 0 Å². The fraction of sp³-hybridized carbons (Fsp3) is 0.219. The van der Waals surface area contributed by atoms with Crippen molar-refractivity contribution in [3.63, 3.8) is 0 Å². The molecule has 2 rings (SSSR count). The average Bonchev–Trinajstić information content (AvgIpc) is 2.99. The second-order valence-electron chi connectivity index (χ2n) is 9.82. The first-order valence-electron chi connectivity index (χ1n) is 13.3. The van der Waals surface area contributed by atoms with Crippen LogP contribution in [0.5, 0.6) is 0 Å². The summed E-state index contributed by atoms with van der Waals surface area (Å²) >= 11 is 0. The van der Waals surface area contributed by atoms with E-state index in [1.807, 2.05) is 0 Å². The molecule has 0 aromatic heterocycles. The molecular weight excluding hydrogens is 693 g/mol. The molecule has 266 valence electrons. The number of allylic oxidation sites excluding steroid dienone is 5. The van der Waals surface area contributed by atoms with Gasteiger partial charge in [-0.3, -0.25) is 4.79 Å². The molecule has 0 aliphatic carbocycles. The summed E-state index contributed by atoms with van der Waals surface area (Å²) in [5.41, 5.74) is -5.05. The predicted octanol–water partition coefficient (Wildman–Crippen LogP) is 9.86. The Hall–Kier alpha value is -4.96. The summed E-state index contributed by atoms with van der Waals surface area (Å²) in [6, 6.07) is 8.60. The minimum atomic E-state index is -5.24. The van der Waals surface area contributed by atoms with Crippen molar-refractivity contribution in [3.8, 4) is 0 Å².